The quantitative estimate of drug-likeness (QED) is 0.489. The third-order valence-corrected chi connectivity index (χ3v) is 1.74. The number of aromatic nitrogens is 4. The van der Waals surface area contributed by atoms with Crippen LogP contribution >= 0.6 is 0 Å². The van der Waals surface area contributed by atoms with E-state index in [1.54, 1.807) is 4.52 Å². The summed E-state index contributed by atoms with van der Waals surface area (Å²) < 4.78 is 6.88. The molecule has 5 heteroatoms. The number of benzene rings is 1. The van der Waals surface area contributed by atoms with Gasteiger partial charge in [-0.05, 0) is 22.6 Å². The zero-order valence-corrected chi connectivity index (χ0v) is 6.01. The van der Waals surface area contributed by atoms with Gasteiger partial charge in [0.15, 0.2) is 5.58 Å². The van der Waals surface area contributed by atoms with Crippen LogP contribution in [0.2, 0.25) is 0 Å². The molecule has 0 bridgehead atoms. The van der Waals surface area contributed by atoms with Crippen molar-refractivity contribution in [3.63, 3.8) is 0 Å². The van der Waals surface area contributed by atoms with Crippen LogP contribution < -0.4 is 0 Å². The predicted molar refractivity (Wildman–Crippen MR) is 40.6 cm³/mol. The number of para-hydroxylation sites is 2. The fourth-order valence-electron chi connectivity index (χ4n) is 1.21. The number of fused-ring (bicyclic) bond motifs is 3. The molecule has 2 heterocycles. The van der Waals surface area contributed by atoms with Gasteiger partial charge in [-0.25, -0.2) is 0 Å². The molecule has 0 saturated heterocycles. The van der Waals surface area contributed by atoms with Crippen molar-refractivity contribution in [2.45, 2.75) is 0 Å². The monoisotopic (exact) mass is 160 g/mol. The van der Waals surface area contributed by atoms with Crippen molar-refractivity contribution < 1.29 is 4.42 Å². The van der Waals surface area contributed by atoms with Crippen LogP contribution in [-0.2, 0) is 0 Å². The van der Waals surface area contributed by atoms with E-state index in [1.807, 2.05) is 24.3 Å². The Balaban J connectivity index is 2.68. The van der Waals surface area contributed by atoms with E-state index in [9.17, 15) is 0 Å². The van der Waals surface area contributed by atoms with E-state index >= 15 is 0 Å². The van der Waals surface area contributed by atoms with Crippen LogP contribution in [0, 0.1) is 0 Å². The third-order valence-electron chi connectivity index (χ3n) is 1.74. The zero-order chi connectivity index (χ0) is 7.97. The van der Waals surface area contributed by atoms with Gasteiger partial charge in [0.05, 0.1) is 0 Å². The molecule has 1 aromatic carbocycles. The highest BCUT2D eigenvalue weighted by Crippen LogP contribution is 2.16. The summed E-state index contributed by atoms with van der Waals surface area (Å²) in [7, 11) is 0. The first-order chi connectivity index (χ1) is 5.95. The van der Waals surface area contributed by atoms with Gasteiger partial charge >= 0.3 is 5.84 Å². The van der Waals surface area contributed by atoms with Gasteiger partial charge in [-0.2, -0.15) is 4.52 Å². The molecule has 3 rings (SSSR count). The number of hydrogen-bond acceptors (Lipinski definition) is 4. The first-order valence-corrected chi connectivity index (χ1v) is 3.51. The number of hydrogen-bond donors (Lipinski definition) is 0. The molecule has 0 fully saturated rings. The van der Waals surface area contributed by atoms with Crippen LogP contribution in [0.25, 0.3) is 16.9 Å². The Labute approximate surface area is 66.6 Å². The van der Waals surface area contributed by atoms with E-state index in [2.05, 4.69) is 15.5 Å². The van der Waals surface area contributed by atoms with E-state index < -0.39 is 0 Å². The predicted octanol–water partition coefficient (Wildman–Crippen LogP) is 0.870. The maximum atomic E-state index is 5.32. The first kappa shape index (κ1) is 5.70. The normalized spacial score (nSPS) is 11.3. The zero-order valence-electron chi connectivity index (χ0n) is 6.01. The van der Waals surface area contributed by atoms with Crippen molar-refractivity contribution in [2.75, 3.05) is 0 Å². The highest BCUT2D eigenvalue weighted by atomic mass is 16.4. The second kappa shape index (κ2) is 1.82. The highest BCUT2D eigenvalue weighted by molar-refractivity contribution is 5.75. The van der Waals surface area contributed by atoms with Crippen molar-refractivity contribution in [1.29, 1.82) is 0 Å². The lowest BCUT2D eigenvalue weighted by molar-refractivity contribution is 0.637. The summed E-state index contributed by atoms with van der Waals surface area (Å²) in [5.41, 5.74) is 1.66. The van der Waals surface area contributed by atoms with Crippen LogP contribution in [0.15, 0.2) is 28.7 Å². The molecular weight excluding hydrogens is 156 g/mol. The summed E-state index contributed by atoms with van der Waals surface area (Å²) in [5, 5.41) is 10.9. The van der Waals surface area contributed by atoms with Crippen LogP contribution in [0.4, 0.5) is 0 Å². The highest BCUT2D eigenvalue weighted by Gasteiger charge is 2.06. The molecule has 0 aliphatic rings. The van der Waals surface area contributed by atoms with Gasteiger partial charge in [-0.15, -0.1) is 0 Å². The van der Waals surface area contributed by atoms with Gasteiger partial charge in [0.2, 0.25) is 0 Å². The number of rotatable bonds is 0. The lowest BCUT2D eigenvalue weighted by Crippen LogP contribution is -1.82. The maximum Gasteiger partial charge on any atom is 0.346 e. The van der Waals surface area contributed by atoms with Crippen molar-refractivity contribution in [3.8, 4) is 0 Å². The minimum atomic E-state index is 0.427. The molecule has 0 aliphatic heterocycles. The van der Waals surface area contributed by atoms with Crippen molar-refractivity contribution in [3.05, 3.63) is 24.3 Å². The molecule has 0 aliphatic carbocycles. The summed E-state index contributed by atoms with van der Waals surface area (Å²) in [6.07, 6.45) is 0. The number of nitrogens with zero attached hydrogens (tertiary/aromatic N) is 4. The minimum absolute atomic E-state index is 0.427. The van der Waals surface area contributed by atoms with E-state index in [4.69, 9.17) is 4.42 Å². The van der Waals surface area contributed by atoms with Gasteiger partial charge in [0.1, 0.15) is 5.52 Å². The second-order valence-electron chi connectivity index (χ2n) is 2.44. The SMILES string of the molecule is c1ccc2c(c1)oc1nnnn12. The lowest BCUT2D eigenvalue weighted by atomic mass is 10.3. The molecule has 0 radical (unpaired) electrons. The van der Waals surface area contributed by atoms with E-state index in [0.29, 0.717) is 5.84 Å². The summed E-state index contributed by atoms with van der Waals surface area (Å²) >= 11 is 0. The Bertz CT molecular complexity index is 537. The summed E-state index contributed by atoms with van der Waals surface area (Å²) in [6.45, 7) is 0. The molecule has 2 aromatic heterocycles. The van der Waals surface area contributed by atoms with Crippen molar-refractivity contribution in [2.24, 2.45) is 0 Å². The van der Waals surface area contributed by atoms with Crippen LogP contribution in [0.5, 0.6) is 0 Å². The molecular formula is C7H4N4O. The topological polar surface area (TPSA) is 56.2 Å². The Morgan fingerprint density at radius 1 is 1.25 bits per heavy atom. The van der Waals surface area contributed by atoms with Crippen LogP contribution in [-0.4, -0.2) is 20.0 Å². The minimum Gasteiger partial charge on any atom is -0.421 e. The first-order valence-electron chi connectivity index (χ1n) is 3.51. The van der Waals surface area contributed by atoms with Gasteiger partial charge < -0.3 is 4.42 Å². The Kier molecular flexibility index (Phi) is 0.864. The second-order valence-corrected chi connectivity index (χ2v) is 2.44. The summed E-state index contributed by atoms with van der Waals surface area (Å²) in [6, 6.07) is 7.59. The Morgan fingerprint density at radius 2 is 2.17 bits per heavy atom. The molecule has 0 atom stereocenters. The fourth-order valence-corrected chi connectivity index (χ4v) is 1.21. The molecule has 0 N–H and O–H groups in total. The van der Waals surface area contributed by atoms with Crippen LogP contribution in [0.3, 0.4) is 0 Å². The largest absolute Gasteiger partial charge is 0.421 e. The van der Waals surface area contributed by atoms with Gasteiger partial charge in [-0.1, -0.05) is 17.2 Å². The standard InChI is InChI=1S/C7H4N4O/c1-2-4-6-5(3-1)11-7(12-6)8-9-10-11/h1-4H. The van der Waals surface area contributed by atoms with Crippen molar-refractivity contribution in [1.82, 2.24) is 20.0 Å². The molecule has 0 unspecified atom stereocenters. The fraction of sp³-hybridized carbons (Fsp3) is 0. The van der Waals surface area contributed by atoms with Gasteiger partial charge in [0.25, 0.3) is 0 Å². The lowest BCUT2D eigenvalue weighted by Gasteiger charge is -1.82. The average molecular weight is 160 g/mol. The Morgan fingerprint density at radius 3 is 3.17 bits per heavy atom. The molecule has 0 spiro atoms. The summed E-state index contributed by atoms with van der Waals surface area (Å²) in [4.78, 5) is 0. The number of tetrazole rings is 1. The number of oxazole rings is 1. The van der Waals surface area contributed by atoms with E-state index in [1.165, 1.54) is 0 Å². The summed E-state index contributed by atoms with van der Waals surface area (Å²) in [5.74, 6) is 0.427. The van der Waals surface area contributed by atoms with E-state index in [0.717, 1.165) is 11.1 Å². The van der Waals surface area contributed by atoms with E-state index in [-0.39, 0.29) is 0 Å². The molecule has 3 aromatic rings. The molecule has 0 amide bonds. The van der Waals surface area contributed by atoms with Crippen molar-refractivity contribution >= 4 is 16.9 Å². The van der Waals surface area contributed by atoms with Gasteiger partial charge in [-0.3, -0.25) is 0 Å². The molecule has 58 valence electrons. The third kappa shape index (κ3) is 0.554. The maximum absolute atomic E-state index is 5.32. The van der Waals surface area contributed by atoms with Crippen LogP contribution in [0.1, 0.15) is 0 Å². The smallest absolute Gasteiger partial charge is 0.346 e. The Hall–Kier alpha value is -1.91. The molecule has 12 heavy (non-hydrogen) atoms. The molecule has 5 nitrogen and oxygen atoms in total. The van der Waals surface area contributed by atoms with Gasteiger partial charge in [0, 0.05) is 0 Å². The molecule has 0 saturated carbocycles. The average Bonchev–Trinajstić information content (AvgIpc) is 2.62.